The molecule has 2 rings (SSSR count). The third-order valence-corrected chi connectivity index (χ3v) is 4.29. The molecule has 1 saturated heterocycles. The Kier molecular flexibility index (Phi) is 7.06. The fourth-order valence-electron chi connectivity index (χ4n) is 2.82. The first-order valence-corrected chi connectivity index (χ1v) is 8.64. The van der Waals surface area contributed by atoms with E-state index in [1.807, 2.05) is 24.3 Å². The second kappa shape index (κ2) is 9.27. The number of hydrogen-bond acceptors (Lipinski definition) is 4. The van der Waals surface area contributed by atoms with Crippen molar-refractivity contribution in [3.63, 3.8) is 0 Å². The molecule has 1 heterocycles. The maximum Gasteiger partial charge on any atom is 0.243 e. The van der Waals surface area contributed by atoms with Crippen molar-refractivity contribution in [1.29, 1.82) is 0 Å². The molecule has 2 amide bonds. The van der Waals surface area contributed by atoms with Crippen LogP contribution in [0.2, 0.25) is 0 Å². The highest BCUT2D eigenvalue weighted by Crippen LogP contribution is 2.17. The summed E-state index contributed by atoms with van der Waals surface area (Å²) in [4.78, 5) is 26.2. The van der Waals surface area contributed by atoms with Gasteiger partial charge in [-0.3, -0.25) is 9.59 Å². The summed E-state index contributed by atoms with van der Waals surface area (Å²) in [5.41, 5.74) is 1.86. The standard InChI is InChI=1S/C18H27N3O3/c1-3-21(4-2)16-7-5-15(6-8-16)20-17(22)13-19-18(23)14-9-11-24-12-10-14/h5-8,14H,3-4,9-13H2,1-2H3,(H,19,23)(H,20,22). The van der Waals surface area contributed by atoms with Gasteiger partial charge in [0.1, 0.15) is 0 Å². The smallest absolute Gasteiger partial charge is 0.243 e. The third kappa shape index (κ3) is 5.23. The minimum atomic E-state index is -0.217. The topological polar surface area (TPSA) is 70.7 Å². The molecule has 2 N–H and O–H groups in total. The predicted octanol–water partition coefficient (Wildman–Crippen LogP) is 2.01. The first kappa shape index (κ1) is 18.3. The van der Waals surface area contributed by atoms with Crippen LogP contribution in [0.1, 0.15) is 26.7 Å². The Balaban J connectivity index is 1.78. The molecule has 0 saturated carbocycles. The van der Waals surface area contributed by atoms with Crippen molar-refractivity contribution in [3.8, 4) is 0 Å². The van der Waals surface area contributed by atoms with Gasteiger partial charge in [-0.05, 0) is 51.0 Å². The Morgan fingerprint density at radius 3 is 2.33 bits per heavy atom. The highest BCUT2D eigenvalue weighted by atomic mass is 16.5. The molecule has 6 nitrogen and oxygen atoms in total. The number of amides is 2. The lowest BCUT2D eigenvalue weighted by Crippen LogP contribution is -2.38. The zero-order valence-corrected chi connectivity index (χ0v) is 14.5. The fourth-order valence-corrected chi connectivity index (χ4v) is 2.82. The van der Waals surface area contributed by atoms with Crippen molar-refractivity contribution in [2.75, 3.05) is 43.1 Å². The highest BCUT2D eigenvalue weighted by Gasteiger charge is 2.21. The molecule has 6 heteroatoms. The zero-order valence-electron chi connectivity index (χ0n) is 14.5. The van der Waals surface area contributed by atoms with Gasteiger partial charge in [0.15, 0.2) is 0 Å². The van der Waals surface area contributed by atoms with E-state index in [0.29, 0.717) is 13.2 Å². The van der Waals surface area contributed by atoms with Gasteiger partial charge in [0.25, 0.3) is 0 Å². The first-order valence-electron chi connectivity index (χ1n) is 8.64. The first-order chi connectivity index (χ1) is 11.6. The average molecular weight is 333 g/mol. The predicted molar refractivity (Wildman–Crippen MR) is 95.2 cm³/mol. The van der Waals surface area contributed by atoms with Gasteiger partial charge in [-0.15, -0.1) is 0 Å². The summed E-state index contributed by atoms with van der Waals surface area (Å²) in [6.45, 7) is 7.34. The number of nitrogens with one attached hydrogen (secondary N) is 2. The molecular formula is C18H27N3O3. The molecule has 0 aliphatic carbocycles. The molecule has 0 aromatic heterocycles. The number of rotatable bonds is 7. The van der Waals surface area contributed by atoms with Gasteiger partial charge in [0.2, 0.25) is 11.8 Å². The van der Waals surface area contributed by atoms with Crippen LogP contribution in [0, 0.1) is 5.92 Å². The molecule has 0 bridgehead atoms. The summed E-state index contributed by atoms with van der Waals surface area (Å²) in [7, 11) is 0. The van der Waals surface area contributed by atoms with Gasteiger partial charge in [0, 0.05) is 43.6 Å². The molecule has 1 aromatic carbocycles. The number of carbonyl (C=O) groups is 2. The number of ether oxygens (including phenoxy) is 1. The molecule has 132 valence electrons. The molecule has 24 heavy (non-hydrogen) atoms. The van der Waals surface area contributed by atoms with Crippen molar-refractivity contribution in [2.24, 2.45) is 5.92 Å². The fraction of sp³-hybridized carbons (Fsp3) is 0.556. The minimum absolute atomic E-state index is 0.00597. The monoisotopic (exact) mass is 333 g/mol. The normalized spacial score (nSPS) is 14.9. The number of hydrogen-bond donors (Lipinski definition) is 2. The lowest BCUT2D eigenvalue weighted by atomic mass is 9.99. The zero-order chi connectivity index (χ0) is 17.4. The Morgan fingerprint density at radius 1 is 1.12 bits per heavy atom. The van der Waals surface area contributed by atoms with E-state index in [1.165, 1.54) is 0 Å². The summed E-state index contributed by atoms with van der Waals surface area (Å²) >= 11 is 0. The molecule has 1 fully saturated rings. The van der Waals surface area contributed by atoms with E-state index in [4.69, 9.17) is 4.74 Å². The van der Waals surface area contributed by atoms with E-state index in [2.05, 4.69) is 29.4 Å². The molecule has 1 aliphatic heterocycles. The van der Waals surface area contributed by atoms with Crippen LogP contribution in [0.5, 0.6) is 0 Å². The Morgan fingerprint density at radius 2 is 1.75 bits per heavy atom. The van der Waals surface area contributed by atoms with Gasteiger partial charge in [-0.1, -0.05) is 0 Å². The van der Waals surface area contributed by atoms with Crippen LogP contribution in [0.4, 0.5) is 11.4 Å². The molecule has 0 spiro atoms. The summed E-state index contributed by atoms with van der Waals surface area (Å²) in [6.07, 6.45) is 1.44. The van der Waals surface area contributed by atoms with E-state index in [1.54, 1.807) is 0 Å². The summed E-state index contributed by atoms with van der Waals surface area (Å²) in [6, 6.07) is 7.74. The largest absolute Gasteiger partial charge is 0.381 e. The maximum atomic E-state index is 12.0. The van der Waals surface area contributed by atoms with Crippen LogP contribution in [0.25, 0.3) is 0 Å². The van der Waals surface area contributed by atoms with Crippen molar-refractivity contribution in [3.05, 3.63) is 24.3 Å². The molecule has 1 aliphatic rings. The van der Waals surface area contributed by atoms with E-state index < -0.39 is 0 Å². The molecule has 0 unspecified atom stereocenters. The molecule has 1 aromatic rings. The molecule has 0 radical (unpaired) electrons. The molecule has 0 atom stereocenters. The van der Waals surface area contributed by atoms with Crippen molar-refractivity contribution >= 4 is 23.2 Å². The van der Waals surface area contributed by atoms with E-state index >= 15 is 0 Å². The van der Waals surface area contributed by atoms with Gasteiger partial charge in [-0.25, -0.2) is 0 Å². The lowest BCUT2D eigenvalue weighted by Gasteiger charge is -2.21. The van der Waals surface area contributed by atoms with Crippen molar-refractivity contribution in [2.45, 2.75) is 26.7 Å². The Labute approximate surface area is 143 Å². The number of carbonyl (C=O) groups excluding carboxylic acids is 2. The Hall–Kier alpha value is -2.08. The van der Waals surface area contributed by atoms with Crippen LogP contribution < -0.4 is 15.5 Å². The minimum Gasteiger partial charge on any atom is -0.381 e. The van der Waals surface area contributed by atoms with Crippen LogP contribution in [0.15, 0.2) is 24.3 Å². The van der Waals surface area contributed by atoms with Crippen LogP contribution in [-0.2, 0) is 14.3 Å². The van der Waals surface area contributed by atoms with Gasteiger partial charge >= 0.3 is 0 Å². The average Bonchev–Trinajstić information content (AvgIpc) is 2.63. The number of nitrogens with zero attached hydrogens (tertiary/aromatic N) is 1. The SMILES string of the molecule is CCN(CC)c1ccc(NC(=O)CNC(=O)C2CCOCC2)cc1. The van der Waals surface area contributed by atoms with Crippen LogP contribution in [-0.4, -0.2) is 44.7 Å². The summed E-state index contributed by atoms with van der Waals surface area (Å²) in [5, 5.41) is 5.51. The summed E-state index contributed by atoms with van der Waals surface area (Å²) < 4.78 is 5.23. The van der Waals surface area contributed by atoms with Gasteiger partial charge in [-0.2, -0.15) is 0 Å². The van der Waals surface area contributed by atoms with Gasteiger partial charge in [0.05, 0.1) is 6.54 Å². The lowest BCUT2D eigenvalue weighted by molar-refractivity contribution is -0.129. The number of anilines is 2. The summed E-state index contributed by atoms with van der Waals surface area (Å²) in [5.74, 6) is -0.323. The van der Waals surface area contributed by atoms with E-state index in [-0.39, 0.29) is 24.3 Å². The van der Waals surface area contributed by atoms with Crippen molar-refractivity contribution in [1.82, 2.24) is 5.32 Å². The van der Waals surface area contributed by atoms with Gasteiger partial charge < -0.3 is 20.3 Å². The quantitative estimate of drug-likeness (QED) is 0.801. The number of benzene rings is 1. The van der Waals surface area contributed by atoms with Crippen molar-refractivity contribution < 1.29 is 14.3 Å². The van der Waals surface area contributed by atoms with E-state index in [9.17, 15) is 9.59 Å². The van der Waals surface area contributed by atoms with Crippen LogP contribution >= 0.6 is 0 Å². The van der Waals surface area contributed by atoms with Crippen LogP contribution in [0.3, 0.4) is 0 Å². The maximum absolute atomic E-state index is 12.0. The second-order valence-electron chi connectivity index (χ2n) is 5.87. The second-order valence-corrected chi connectivity index (χ2v) is 5.87. The highest BCUT2D eigenvalue weighted by molar-refractivity contribution is 5.94. The van der Waals surface area contributed by atoms with E-state index in [0.717, 1.165) is 37.3 Å². The Bertz CT molecular complexity index is 535. The molecular weight excluding hydrogens is 306 g/mol. The third-order valence-electron chi connectivity index (χ3n) is 4.29.